The lowest BCUT2D eigenvalue weighted by molar-refractivity contribution is 0.0528. The minimum absolute atomic E-state index is 0.370. The number of thiophene rings is 1. The van der Waals surface area contributed by atoms with Gasteiger partial charge in [0.2, 0.25) is 0 Å². The summed E-state index contributed by atoms with van der Waals surface area (Å²) in [5, 5.41) is 5.72. The van der Waals surface area contributed by atoms with E-state index in [4.69, 9.17) is 16.3 Å². The minimum Gasteiger partial charge on any atom is -0.444 e. The fraction of sp³-hybridized carbons (Fsp3) is 0.389. The van der Waals surface area contributed by atoms with E-state index in [9.17, 15) is 4.79 Å². The van der Waals surface area contributed by atoms with Crippen LogP contribution in [0.5, 0.6) is 0 Å². The zero-order valence-electron chi connectivity index (χ0n) is 13.7. The van der Waals surface area contributed by atoms with Gasteiger partial charge < -0.3 is 10.1 Å². The number of benzene rings is 1. The molecule has 0 radical (unpaired) electrons. The molecule has 124 valence electrons. The molecular formula is C18H22ClNO2S. The maximum absolute atomic E-state index is 11.6. The number of nitrogens with one attached hydrogen (secondary N) is 1. The Morgan fingerprint density at radius 2 is 2.04 bits per heavy atom. The van der Waals surface area contributed by atoms with Crippen molar-refractivity contribution in [1.82, 2.24) is 5.32 Å². The summed E-state index contributed by atoms with van der Waals surface area (Å²) in [5.74, 6) is 0. The van der Waals surface area contributed by atoms with Gasteiger partial charge in [0.05, 0.1) is 0 Å². The number of carbonyl (C=O) groups is 1. The van der Waals surface area contributed by atoms with E-state index in [-0.39, 0.29) is 6.09 Å². The highest BCUT2D eigenvalue weighted by molar-refractivity contribution is 7.10. The summed E-state index contributed by atoms with van der Waals surface area (Å²) in [4.78, 5) is 12.8. The number of amides is 1. The molecule has 0 saturated carbocycles. The van der Waals surface area contributed by atoms with E-state index in [0.717, 1.165) is 23.4 Å². The van der Waals surface area contributed by atoms with Crippen LogP contribution in [0.15, 0.2) is 35.7 Å². The number of hydrogen-bond donors (Lipinski definition) is 1. The summed E-state index contributed by atoms with van der Waals surface area (Å²) in [6.45, 7) is 6.13. The van der Waals surface area contributed by atoms with E-state index >= 15 is 0 Å². The Hall–Kier alpha value is -1.52. The van der Waals surface area contributed by atoms with Crippen molar-refractivity contribution in [2.75, 3.05) is 6.54 Å². The molecule has 0 aliphatic carbocycles. The molecule has 0 saturated heterocycles. The Balaban J connectivity index is 1.81. The highest BCUT2D eigenvalue weighted by atomic mass is 35.5. The summed E-state index contributed by atoms with van der Waals surface area (Å²) < 4.78 is 5.21. The molecule has 0 aliphatic rings. The van der Waals surface area contributed by atoms with Crippen molar-refractivity contribution in [1.29, 1.82) is 0 Å². The molecule has 1 aromatic heterocycles. The van der Waals surface area contributed by atoms with E-state index in [1.54, 1.807) is 11.3 Å². The molecule has 2 rings (SSSR count). The molecular weight excluding hydrogens is 330 g/mol. The van der Waals surface area contributed by atoms with Crippen molar-refractivity contribution in [2.45, 2.75) is 39.2 Å². The SMILES string of the molecule is CC(C)(C)OC(=O)NCCc1cc(Cc2ccccc2Cl)cs1. The summed E-state index contributed by atoms with van der Waals surface area (Å²) in [6.07, 6.45) is 1.26. The third-order valence-electron chi connectivity index (χ3n) is 3.10. The van der Waals surface area contributed by atoms with Crippen molar-refractivity contribution in [3.63, 3.8) is 0 Å². The van der Waals surface area contributed by atoms with Gasteiger partial charge >= 0.3 is 6.09 Å². The summed E-state index contributed by atoms with van der Waals surface area (Å²) in [7, 11) is 0. The van der Waals surface area contributed by atoms with Crippen LogP contribution in [0.4, 0.5) is 4.79 Å². The van der Waals surface area contributed by atoms with Gasteiger partial charge in [0.1, 0.15) is 5.60 Å². The Labute approximate surface area is 146 Å². The Morgan fingerprint density at radius 3 is 2.74 bits per heavy atom. The zero-order valence-corrected chi connectivity index (χ0v) is 15.3. The third-order valence-corrected chi connectivity index (χ3v) is 4.51. The number of alkyl carbamates (subject to hydrolysis) is 1. The van der Waals surface area contributed by atoms with Gasteiger partial charge in [0.25, 0.3) is 0 Å². The fourth-order valence-corrected chi connectivity index (χ4v) is 3.21. The lowest BCUT2D eigenvalue weighted by atomic mass is 10.1. The second-order valence-corrected chi connectivity index (χ2v) is 7.77. The molecule has 0 fully saturated rings. The topological polar surface area (TPSA) is 38.3 Å². The standard InChI is InChI=1S/C18H22ClNO2S/c1-18(2,3)22-17(21)20-9-8-15-11-13(12-23-15)10-14-6-4-5-7-16(14)19/h4-7,11-12H,8-10H2,1-3H3,(H,20,21). The molecule has 0 bridgehead atoms. The van der Waals surface area contributed by atoms with Gasteiger partial charge in [0.15, 0.2) is 0 Å². The van der Waals surface area contributed by atoms with E-state index in [1.807, 2.05) is 45.0 Å². The second kappa shape index (κ2) is 7.84. The zero-order chi connectivity index (χ0) is 16.9. The van der Waals surface area contributed by atoms with Gasteiger partial charge in [0, 0.05) is 16.4 Å². The van der Waals surface area contributed by atoms with Crippen molar-refractivity contribution in [3.8, 4) is 0 Å². The fourth-order valence-electron chi connectivity index (χ4n) is 2.11. The first-order valence-electron chi connectivity index (χ1n) is 7.60. The first-order chi connectivity index (χ1) is 10.8. The normalized spacial score (nSPS) is 11.3. The smallest absolute Gasteiger partial charge is 0.407 e. The first-order valence-corrected chi connectivity index (χ1v) is 8.86. The van der Waals surface area contributed by atoms with Crippen LogP contribution in [0, 0.1) is 0 Å². The van der Waals surface area contributed by atoms with Crippen molar-refractivity contribution < 1.29 is 9.53 Å². The highest BCUT2D eigenvalue weighted by Gasteiger charge is 2.15. The molecule has 1 N–H and O–H groups in total. The molecule has 0 aliphatic heterocycles. The van der Waals surface area contributed by atoms with Gasteiger partial charge in [-0.15, -0.1) is 11.3 Å². The first kappa shape index (κ1) is 17.8. The predicted octanol–water partition coefficient (Wildman–Crippen LogP) is 5.06. The molecule has 0 atom stereocenters. The third kappa shape index (κ3) is 6.24. The molecule has 0 spiro atoms. The van der Waals surface area contributed by atoms with Gasteiger partial charge in [-0.05, 0) is 62.3 Å². The predicted molar refractivity (Wildman–Crippen MR) is 96.5 cm³/mol. The van der Waals surface area contributed by atoms with E-state index in [1.165, 1.54) is 10.4 Å². The second-order valence-electron chi connectivity index (χ2n) is 6.37. The van der Waals surface area contributed by atoms with E-state index in [2.05, 4.69) is 16.8 Å². The highest BCUT2D eigenvalue weighted by Crippen LogP contribution is 2.22. The van der Waals surface area contributed by atoms with Crippen molar-refractivity contribution in [2.24, 2.45) is 0 Å². The Morgan fingerprint density at radius 1 is 1.30 bits per heavy atom. The lowest BCUT2D eigenvalue weighted by Crippen LogP contribution is -2.33. The number of ether oxygens (including phenoxy) is 1. The molecule has 0 unspecified atom stereocenters. The average molecular weight is 352 g/mol. The van der Waals surface area contributed by atoms with Crippen LogP contribution < -0.4 is 5.32 Å². The molecule has 1 amide bonds. The van der Waals surface area contributed by atoms with E-state index < -0.39 is 5.60 Å². The van der Waals surface area contributed by atoms with Crippen molar-refractivity contribution >= 4 is 29.0 Å². The Kier molecular flexibility index (Phi) is 6.08. The molecule has 23 heavy (non-hydrogen) atoms. The number of rotatable bonds is 5. The van der Waals surface area contributed by atoms with Gasteiger partial charge in [-0.1, -0.05) is 29.8 Å². The summed E-state index contributed by atoms with van der Waals surface area (Å²) >= 11 is 7.90. The Bertz CT molecular complexity index is 661. The van der Waals surface area contributed by atoms with Crippen molar-refractivity contribution in [3.05, 3.63) is 56.7 Å². The quantitative estimate of drug-likeness (QED) is 0.817. The number of carbonyl (C=O) groups excluding carboxylic acids is 1. The minimum atomic E-state index is -0.463. The van der Waals surface area contributed by atoms with Crippen LogP contribution in [0.25, 0.3) is 0 Å². The van der Waals surface area contributed by atoms with Crippen LogP contribution in [0.2, 0.25) is 5.02 Å². The molecule has 5 heteroatoms. The molecule has 3 nitrogen and oxygen atoms in total. The van der Waals surface area contributed by atoms with Crippen LogP contribution in [-0.4, -0.2) is 18.2 Å². The molecule has 1 aromatic carbocycles. The van der Waals surface area contributed by atoms with Gasteiger partial charge in [-0.25, -0.2) is 4.79 Å². The molecule has 2 aromatic rings. The molecule has 1 heterocycles. The van der Waals surface area contributed by atoms with Crippen LogP contribution in [-0.2, 0) is 17.6 Å². The van der Waals surface area contributed by atoms with Gasteiger partial charge in [-0.3, -0.25) is 0 Å². The summed E-state index contributed by atoms with van der Waals surface area (Å²) in [6, 6.07) is 10.1. The summed E-state index contributed by atoms with van der Waals surface area (Å²) in [5.41, 5.74) is 1.91. The monoisotopic (exact) mass is 351 g/mol. The largest absolute Gasteiger partial charge is 0.444 e. The maximum atomic E-state index is 11.6. The number of hydrogen-bond acceptors (Lipinski definition) is 3. The van der Waals surface area contributed by atoms with Crippen LogP contribution >= 0.6 is 22.9 Å². The van der Waals surface area contributed by atoms with Crippen LogP contribution in [0.1, 0.15) is 36.8 Å². The number of halogens is 1. The average Bonchev–Trinajstić information content (AvgIpc) is 2.87. The van der Waals surface area contributed by atoms with E-state index in [0.29, 0.717) is 6.54 Å². The maximum Gasteiger partial charge on any atom is 0.407 e. The van der Waals surface area contributed by atoms with Crippen LogP contribution in [0.3, 0.4) is 0 Å². The van der Waals surface area contributed by atoms with Gasteiger partial charge in [-0.2, -0.15) is 0 Å². The lowest BCUT2D eigenvalue weighted by Gasteiger charge is -2.19.